The molecule has 0 saturated carbocycles. The molecule has 0 aliphatic carbocycles. The fourth-order valence-electron chi connectivity index (χ4n) is 1.07. The Hall–Kier alpha value is -0.300. The highest BCUT2D eigenvalue weighted by Gasteiger charge is 2.20. The fourth-order valence-corrected chi connectivity index (χ4v) is 1.07. The number of epoxide rings is 1. The van der Waals surface area contributed by atoms with Crippen LogP contribution in [0.5, 0.6) is 0 Å². The second-order valence-corrected chi connectivity index (χ2v) is 2.88. The Balaban J connectivity index is 1.72. The molecule has 58 valence electrons. The van der Waals surface area contributed by atoms with Crippen molar-refractivity contribution in [2.24, 2.45) is 0 Å². The van der Waals surface area contributed by atoms with E-state index in [1.807, 2.05) is 6.08 Å². The van der Waals surface area contributed by atoms with Gasteiger partial charge in [-0.05, 0) is 19.3 Å². The number of rotatable bonds is 6. The zero-order chi connectivity index (χ0) is 7.23. The first kappa shape index (κ1) is 7.80. The third-order valence-electron chi connectivity index (χ3n) is 1.84. The van der Waals surface area contributed by atoms with Crippen LogP contribution < -0.4 is 0 Å². The van der Waals surface area contributed by atoms with Gasteiger partial charge in [-0.3, -0.25) is 0 Å². The number of hydrogen-bond donors (Lipinski definition) is 0. The van der Waals surface area contributed by atoms with Gasteiger partial charge in [-0.25, -0.2) is 0 Å². The second kappa shape index (κ2) is 4.51. The standard InChI is InChI=1S/C9H16O/c1-2-3-4-5-6-7-9-8-10-9/h2,9H,1,3-8H2/t9-/m1/s1. The van der Waals surface area contributed by atoms with Gasteiger partial charge in [-0.1, -0.05) is 18.9 Å². The number of unbranched alkanes of at least 4 members (excludes halogenated alkanes) is 3. The average Bonchev–Trinajstić information content (AvgIpc) is 2.71. The van der Waals surface area contributed by atoms with Gasteiger partial charge in [0.15, 0.2) is 0 Å². The minimum absolute atomic E-state index is 0.628. The molecule has 1 atom stereocenters. The van der Waals surface area contributed by atoms with E-state index in [4.69, 9.17) is 4.74 Å². The lowest BCUT2D eigenvalue weighted by atomic mass is 10.1. The molecule has 1 heteroatoms. The van der Waals surface area contributed by atoms with Gasteiger partial charge in [0, 0.05) is 0 Å². The second-order valence-electron chi connectivity index (χ2n) is 2.88. The van der Waals surface area contributed by atoms with Crippen LogP contribution in [0.15, 0.2) is 12.7 Å². The quantitative estimate of drug-likeness (QED) is 0.314. The molecule has 1 aliphatic heterocycles. The summed E-state index contributed by atoms with van der Waals surface area (Å²) in [6, 6.07) is 0. The molecular formula is C9H16O. The van der Waals surface area contributed by atoms with Crippen LogP contribution in [0.25, 0.3) is 0 Å². The van der Waals surface area contributed by atoms with Crippen LogP contribution in [-0.4, -0.2) is 12.7 Å². The molecule has 1 aliphatic rings. The van der Waals surface area contributed by atoms with Crippen molar-refractivity contribution >= 4 is 0 Å². The first-order chi connectivity index (χ1) is 4.93. The lowest BCUT2D eigenvalue weighted by Crippen LogP contribution is -1.84. The summed E-state index contributed by atoms with van der Waals surface area (Å²) in [6.45, 7) is 4.70. The van der Waals surface area contributed by atoms with E-state index in [0.717, 1.165) is 6.61 Å². The molecule has 0 unspecified atom stereocenters. The maximum absolute atomic E-state index is 5.09. The summed E-state index contributed by atoms with van der Waals surface area (Å²) in [7, 11) is 0. The topological polar surface area (TPSA) is 12.5 Å². The molecule has 0 N–H and O–H groups in total. The summed E-state index contributed by atoms with van der Waals surface area (Å²) < 4.78 is 5.09. The van der Waals surface area contributed by atoms with Gasteiger partial charge in [0.05, 0.1) is 12.7 Å². The van der Waals surface area contributed by atoms with Gasteiger partial charge in [0.2, 0.25) is 0 Å². The molecule has 0 amide bonds. The van der Waals surface area contributed by atoms with Crippen LogP contribution in [0.4, 0.5) is 0 Å². The van der Waals surface area contributed by atoms with E-state index < -0.39 is 0 Å². The van der Waals surface area contributed by atoms with Crippen LogP contribution in [0.3, 0.4) is 0 Å². The molecule has 0 aromatic rings. The van der Waals surface area contributed by atoms with Crippen molar-refractivity contribution in [3.8, 4) is 0 Å². The van der Waals surface area contributed by atoms with Crippen molar-refractivity contribution in [2.45, 2.75) is 38.2 Å². The van der Waals surface area contributed by atoms with Crippen LogP contribution in [0.2, 0.25) is 0 Å². The monoisotopic (exact) mass is 140 g/mol. The van der Waals surface area contributed by atoms with Crippen molar-refractivity contribution in [1.29, 1.82) is 0 Å². The molecule has 1 heterocycles. The van der Waals surface area contributed by atoms with E-state index in [1.165, 1.54) is 32.1 Å². The summed E-state index contributed by atoms with van der Waals surface area (Å²) in [5.41, 5.74) is 0. The number of hydrogen-bond acceptors (Lipinski definition) is 1. The molecule has 1 fully saturated rings. The lowest BCUT2D eigenvalue weighted by molar-refractivity contribution is 0.388. The Morgan fingerprint density at radius 2 is 2.20 bits per heavy atom. The van der Waals surface area contributed by atoms with Crippen molar-refractivity contribution in [2.75, 3.05) is 6.61 Å². The van der Waals surface area contributed by atoms with E-state index in [2.05, 4.69) is 6.58 Å². The summed E-state index contributed by atoms with van der Waals surface area (Å²) in [5, 5.41) is 0. The molecule has 1 nitrogen and oxygen atoms in total. The highest BCUT2D eigenvalue weighted by Crippen LogP contribution is 2.17. The molecule has 0 aromatic carbocycles. The summed E-state index contributed by atoms with van der Waals surface area (Å²) >= 11 is 0. The maximum Gasteiger partial charge on any atom is 0.0810 e. The lowest BCUT2D eigenvalue weighted by Gasteiger charge is -1.94. The zero-order valence-corrected chi connectivity index (χ0v) is 6.51. The van der Waals surface area contributed by atoms with Gasteiger partial charge in [0.25, 0.3) is 0 Å². The zero-order valence-electron chi connectivity index (χ0n) is 6.51. The van der Waals surface area contributed by atoms with Gasteiger partial charge < -0.3 is 4.74 Å². The Bertz CT molecular complexity index is 94.9. The van der Waals surface area contributed by atoms with E-state index in [0.29, 0.717) is 6.10 Å². The largest absolute Gasteiger partial charge is 0.373 e. The summed E-state index contributed by atoms with van der Waals surface area (Å²) in [6.07, 6.45) is 9.04. The molecular weight excluding hydrogens is 124 g/mol. The van der Waals surface area contributed by atoms with E-state index in [-0.39, 0.29) is 0 Å². The number of allylic oxidation sites excluding steroid dienone is 1. The maximum atomic E-state index is 5.09. The highest BCUT2D eigenvalue weighted by molar-refractivity contribution is 4.69. The Kier molecular flexibility index (Phi) is 3.52. The molecule has 1 saturated heterocycles. The average molecular weight is 140 g/mol. The SMILES string of the molecule is C=CCCCCC[C@@H]1CO1. The predicted octanol–water partition coefficient (Wildman–Crippen LogP) is 2.52. The molecule has 0 bridgehead atoms. The van der Waals surface area contributed by atoms with Gasteiger partial charge in [-0.15, -0.1) is 6.58 Å². The smallest absolute Gasteiger partial charge is 0.0810 e. The first-order valence-corrected chi connectivity index (χ1v) is 4.16. The van der Waals surface area contributed by atoms with E-state index in [9.17, 15) is 0 Å². The minimum Gasteiger partial charge on any atom is -0.373 e. The highest BCUT2D eigenvalue weighted by atomic mass is 16.6. The van der Waals surface area contributed by atoms with Gasteiger partial charge in [0.1, 0.15) is 0 Å². The van der Waals surface area contributed by atoms with Crippen molar-refractivity contribution < 1.29 is 4.74 Å². The fraction of sp³-hybridized carbons (Fsp3) is 0.778. The van der Waals surface area contributed by atoms with Crippen molar-refractivity contribution in [3.05, 3.63) is 12.7 Å². The number of ether oxygens (including phenoxy) is 1. The predicted molar refractivity (Wildman–Crippen MR) is 43.0 cm³/mol. The molecule has 10 heavy (non-hydrogen) atoms. The van der Waals surface area contributed by atoms with Gasteiger partial charge in [-0.2, -0.15) is 0 Å². The van der Waals surface area contributed by atoms with E-state index >= 15 is 0 Å². The van der Waals surface area contributed by atoms with Crippen LogP contribution in [-0.2, 0) is 4.74 Å². The first-order valence-electron chi connectivity index (χ1n) is 4.16. The third kappa shape index (κ3) is 3.67. The third-order valence-corrected chi connectivity index (χ3v) is 1.84. The normalized spacial score (nSPS) is 22.6. The van der Waals surface area contributed by atoms with Crippen LogP contribution >= 0.6 is 0 Å². The molecule has 1 rings (SSSR count). The minimum atomic E-state index is 0.628. The van der Waals surface area contributed by atoms with Crippen molar-refractivity contribution in [3.63, 3.8) is 0 Å². The van der Waals surface area contributed by atoms with E-state index in [1.54, 1.807) is 0 Å². The summed E-state index contributed by atoms with van der Waals surface area (Å²) in [5.74, 6) is 0. The van der Waals surface area contributed by atoms with Gasteiger partial charge >= 0.3 is 0 Å². The van der Waals surface area contributed by atoms with Crippen LogP contribution in [0.1, 0.15) is 32.1 Å². The Morgan fingerprint density at radius 3 is 2.80 bits per heavy atom. The Morgan fingerprint density at radius 1 is 1.40 bits per heavy atom. The molecule has 0 spiro atoms. The Labute approximate surface area is 63.1 Å². The van der Waals surface area contributed by atoms with Crippen molar-refractivity contribution in [1.82, 2.24) is 0 Å². The molecule has 0 aromatic heterocycles. The summed E-state index contributed by atoms with van der Waals surface area (Å²) in [4.78, 5) is 0. The van der Waals surface area contributed by atoms with Crippen LogP contribution in [0, 0.1) is 0 Å². The molecule has 0 radical (unpaired) electrons.